The molecule has 2 unspecified atom stereocenters. The van der Waals surface area contributed by atoms with Crippen molar-refractivity contribution in [1.29, 1.82) is 0 Å². The van der Waals surface area contributed by atoms with Gasteiger partial charge < -0.3 is 14.6 Å². The quantitative estimate of drug-likeness (QED) is 0.153. The van der Waals surface area contributed by atoms with Gasteiger partial charge in [0.2, 0.25) is 0 Å². The van der Waals surface area contributed by atoms with Crippen molar-refractivity contribution in [2.75, 3.05) is 46.1 Å². The Bertz CT molecular complexity index is 377. The van der Waals surface area contributed by atoms with Crippen LogP contribution in [0.2, 0.25) is 0 Å². The molecule has 0 rings (SSSR count). The molecule has 0 aliphatic heterocycles. The Morgan fingerprint density at radius 3 is 1.56 bits per heavy atom. The number of carbonyl (C=O) groups is 1. The summed E-state index contributed by atoms with van der Waals surface area (Å²) in [5, 5.41) is 9.03. The number of hydrogen-bond acceptors (Lipinski definition) is 4. The lowest BCUT2D eigenvalue weighted by Gasteiger charge is -2.22. The highest BCUT2D eigenvalue weighted by atomic mass is 16.5. The first-order valence-electron chi connectivity index (χ1n) is 13.6. The summed E-state index contributed by atoms with van der Waals surface area (Å²) < 4.78 is 11.8. The van der Waals surface area contributed by atoms with Crippen LogP contribution < -0.4 is 0 Å². The predicted molar refractivity (Wildman–Crippen MR) is 135 cm³/mol. The number of carboxylic acid groups (broad SMARTS) is 1. The molecule has 0 amide bonds. The van der Waals surface area contributed by atoms with Crippen LogP contribution in [0.15, 0.2) is 0 Å². The molecule has 2 atom stereocenters. The van der Waals surface area contributed by atoms with Crippen LogP contribution in [0.1, 0.15) is 111 Å². The number of aliphatic carboxylic acids is 1. The van der Waals surface area contributed by atoms with Gasteiger partial charge in [0.25, 0.3) is 0 Å². The summed E-state index contributed by atoms with van der Waals surface area (Å²) in [6.07, 6.45) is 15.9. The normalized spacial score (nSPS) is 13.5. The van der Waals surface area contributed by atoms with E-state index in [9.17, 15) is 4.79 Å². The summed E-state index contributed by atoms with van der Waals surface area (Å²) in [6, 6.07) is 0. The molecule has 5 heteroatoms. The van der Waals surface area contributed by atoms with E-state index in [1.165, 1.54) is 77.0 Å². The molecule has 0 radical (unpaired) electrons. The highest BCUT2D eigenvalue weighted by molar-refractivity contribution is 5.66. The van der Waals surface area contributed by atoms with E-state index in [4.69, 9.17) is 14.6 Å². The van der Waals surface area contributed by atoms with Crippen molar-refractivity contribution < 1.29 is 19.4 Å². The van der Waals surface area contributed by atoms with Crippen LogP contribution in [0.3, 0.4) is 0 Å². The highest BCUT2D eigenvalue weighted by Gasteiger charge is 2.10. The maximum atomic E-state index is 11.0. The Morgan fingerprint density at radius 1 is 0.719 bits per heavy atom. The summed E-state index contributed by atoms with van der Waals surface area (Å²) in [7, 11) is 0. The lowest BCUT2D eigenvalue weighted by atomic mass is 10.0. The van der Waals surface area contributed by atoms with Gasteiger partial charge in [0.05, 0.1) is 19.6 Å². The van der Waals surface area contributed by atoms with Gasteiger partial charge in [-0.05, 0) is 24.7 Å². The van der Waals surface area contributed by atoms with Gasteiger partial charge in [-0.15, -0.1) is 0 Å². The number of hydrogen-bond donors (Lipinski definition) is 1. The van der Waals surface area contributed by atoms with Crippen LogP contribution in [0.4, 0.5) is 0 Å². The largest absolute Gasteiger partial charge is 0.481 e. The van der Waals surface area contributed by atoms with E-state index in [-0.39, 0.29) is 6.42 Å². The molecule has 1 N–H and O–H groups in total. The fraction of sp³-hybridized carbons (Fsp3) is 0.963. The molecule has 0 aromatic heterocycles. The SMILES string of the molecule is CCCCCCCC(C)COCCN(CCOCC(C)CCCCCCC)CCC(=O)O. The molecule has 0 saturated heterocycles. The van der Waals surface area contributed by atoms with Gasteiger partial charge in [-0.25, -0.2) is 0 Å². The fourth-order valence-corrected chi connectivity index (χ4v) is 3.90. The zero-order chi connectivity index (χ0) is 23.9. The molecular weight excluding hydrogens is 402 g/mol. The van der Waals surface area contributed by atoms with E-state index >= 15 is 0 Å². The van der Waals surface area contributed by atoms with Crippen LogP contribution in [0.25, 0.3) is 0 Å². The monoisotopic (exact) mass is 457 g/mol. The third-order valence-electron chi connectivity index (χ3n) is 6.15. The molecule has 192 valence electrons. The average molecular weight is 458 g/mol. The van der Waals surface area contributed by atoms with E-state index in [1.54, 1.807) is 0 Å². The standard InChI is InChI=1S/C27H55NO4/c1-5-7-9-11-13-15-25(3)23-31-21-19-28(18-17-27(29)30)20-22-32-24-26(4)16-14-12-10-8-6-2/h25-26H,5-24H2,1-4H3,(H,29,30). The number of ether oxygens (including phenoxy) is 2. The van der Waals surface area contributed by atoms with Crippen LogP contribution in [-0.4, -0.2) is 62.0 Å². The van der Waals surface area contributed by atoms with Gasteiger partial charge in [0.15, 0.2) is 0 Å². The van der Waals surface area contributed by atoms with Crippen LogP contribution in [0, 0.1) is 11.8 Å². The zero-order valence-corrected chi connectivity index (χ0v) is 21.9. The van der Waals surface area contributed by atoms with Crippen molar-refractivity contribution in [2.45, 2.75) is 111 Å². The molecule has 0 aliphatic rings. The lowest BCUT2D eigenvalue weighted by Crippen LogP contribution is -2.33. The smallest absolute Gasteiger partial charge is 0.304 e. The maximum absolute atomic E-state index is 11.0. The lowest BCUT2D eigenvalue weighted by molar-refractivity contribution is -0.137. The van der Waals surface area contributed by atoms with Crippen molar-refractivity contribution in [2.24, 2.45) is 11.8 Å². The Labute approximate surface area is 199 Å². The number of nitrogens with zero attached hydrogens (tertiary/aromatic N) is 1. The summed E-state index contributed by atoms with van der Waals surface area (Å²) in [6.45, 7) is 14.0. The van der Waals surface area contributed by atoms with Gasteiger partial charge in [-0.2, -0.15) is 0 Å². The van der Waals surface area contributed by atoms with Gasteiger partial charge in [0, 0.05) is 32.8 Å². The summed E-state index contributed by atoms with van der Waals surface area (Å²) in [4.78, 5) is 13.2. The molecule has 5 nitrogen and oxygen atoms in total. The summed E-state index contributed by atoms with van der Waals surface area (Å²) in [5.74, 6) is 0.442. The van der Waals surface area contributed by atoms with Crippen molar-refractivity contribution >= 4 is 5.97 Å². The molecule has 0 aromatic rings. The van der Waals surface area contributed by atoms with E-state index in [2.05, 4.69) is 32.6 Å². The van der Waals surface area contributed by atoms with Gasteiger partial charge in [0.1, 0.15) is 0 Å². The second kappa shape index (κ2) is 23.5. The Hall–Kier alpha value is -0.650. The average Bonchev–Trinajstić information content (AvgIpc) is 2.76. The molecule has 0 aromatic carbocycles. The number of unbranched alkanes of at least 4 members (excludes halogenated alkanes) is 8. The van der Waals surface area contributed by atoms with Gasteiger partial charge in [-0.3, -0.25) is 9.69 Å². The van der Waals surface area contributed by atoms with E-state index in [0.717, 1.165) is 26.3 Å². The first-order valence-corrected chi connectivity index (χ1v) is 13.6. The van der Waals surface area contributed by atoms with Gasteiger partial charge >= 0.3 is 5.97 Å². The van der Waals surface area contributed by atoms with Crippen molar-refractivity contribution in [1.82, 2.24) is 4.90 Å². The molecule has 0 heterocycles. The van der Waals surface area contributed by atoms with E-state index in [0.29, 0.717) is 31.6 Å². The minimum Gasteiger partial charge on any atom is -0.481 e. The molecule has 0 saturated carbocycles. The Balaban J connectivity index is 3.91. The van der Waals surface area contributed by atoms with Crippen molar-refractivity contribution in [3.05, 3.63) is 0 Å². The molecule has 0 fully saturated rings. The van der Waals surface area contributed by atoms with Gasteiger partial charge in [-0.1, -0.05) is 91.9 Å². The first-order chi connectivity index (χ1) is 15.5. The fourth-order valence-electron chi connectivity index (χ4n) is 3.90. The third-order valence-corrected chi connectivity index (χ3v) is 6.15. The second-order valence-electron chi connectivity index (χ2n) is 9.75. The van der Waals surface area contributed by atoms with E-state index in [1.807, 2.05) is 0 Å². The summed E-state index contributed by atoms with van der Waals surface area (Å²) in [5.41, 5.74) is 0. The topological polar surface area (TPSA) is 59.0 Å². The van der Waals surface area contributed by atoms with E-state index < -0.39 is 5.97 Å². The minimum atomic E-state index is -0.745. The summed E-state index contributed by atoms with van der Waals surface area (Å²) >= 11 is 0. The van der Waals surface area contributed by atoms with Crippen molar-refractivity contribution in [3.8, 4) is 0 Å². The molecule has 0 spiro atoms. The van der Waals surface area contributed by atoms with Crippen molar-refractivity contribution in [3.63, 3.8) is 0 Å². The Kier molecular flexibility index (Phi) is 23.0. The molecule has 0 aliphatic carbocycles. The minimum absolute atomic E-state index is 0.169. The number of carboxylic acids is 1. The molecular formula is C27H55NO4. The third kappa shape index (κ3) is 22.5. The number of rotatable bonds is 25. The Morgan fingerprint density at radius 2 is 1.16 bits per heavy atom. The highest BCUT2D eigenvalue weighted by Crippen LogP contribution is 2.13. The van der Waals surface area contributed by atoms with Crippen LogP contribution >= 0.6 is 0 Å². The predicted octanol–water partition coefficient (Wildman–Crippen LogP) is 6.79. The van der Waals surface area contributed by atoms with Crippen LogP contribution in [0.5, 0.6) is 0 Å². The van der Waals surface area contributed by atoms with Crippen LogP contribution in [-0.2, 0) is 14.3 Å². The zero-order valence-electron chi connectivity index (χ0n) is 21.9. The first kappa shape index (κ1) is 31.4. The molecule has 32 heavy (non-hydrogen) atoms. The maximum Gasteiger partial charge on any atom is 0.304 e. The second-order valence-corrected chi connectivity index (χ2v) is 9.75. The molecule has 0 bridgehead atoms.